The van der Waals surface area contributed by atoms with Gasteiger partial charge in [-0.1, -0.05) is 0 Å². The van der Waals surface area contributed by atoms with Gasteiger partial charge in [0, 0.05) is 19.3 Å². The molecule has 0 aliphatic heterocycles. The second kappa shape index (κ2) is 5.24. The van der Waals surface area contributed by atoms with E-state index >= 15 is 0 Å². The molecule has 0 aliphatic rings. The highest BCUT2D eigenvalue weighted by Crippen LogP contribution is 2.21. The third-order valence-electron chi connectivity index (χ3n) is 2.31. The smallest absolute Gasteiger partial charge is 0.390 e. The van der Waals surface area contributed by atoms with Crippen molar-refractivity contribution in [1.82, 2.24) is 4.98 Å². The molecule has 7 heteroatoms. The summed E-state index contributed by atoms with van der Waals surface area (Å²) in [5.74, 6) is -0.914. The van der Waals surface area contributed by atoms with Crippen LogP contribution in [0.3, 0.4) is 0 Å². The van der Waals surface area contributed by atoms with Crippen LogP contribution in [0.5, 0.6) is 0 Å². The van der Waals surface area contributed by atoms with Crippen LogP contribution in [-0.4, -0.2) is 35.8 Å². The molecule has 1 aromatic heterocycles. The van der Waals surface area contributed by atoms with Crippen molar-refractivity contribution in [2.75, 3.05) is 18.5 Å². The monoisotopic (exact) mass is 262 g/mol. The molecule has 18 heavy (non-hydrogen) atoms. The number of alkyl halides is 3. The molecule has 0 unspecified atom stereocenters. The van der Waals surface area contributed by atoms with Crippen molar-refractivity contribution < 1.29 is 23.1 Å². The molecular weight excluding hydrogens is 249 g/mol. The first-order chi connectivity index (χ1) is 8.19. The lowest BCUT2D eigenvalue weighted by Crippen LogP contribution is -2.25. The van der Waals surface area contributed by atoms with E-state index < -0.39 is 18.6 Å². The van der Waals surface area contributed by atoms with Crippen molar-refractivity contribution in [3.63, 3.8) is 0 Å². The van der Waals surface area contributed by atoms with E-state index in [1.807, 2.05) is 0 Å². The number of carbonyl (C=O) groups is 1. The van der Waals surface area contributed by atoms with E-state index in [-0.39, 0.29) is 17.9 Å². The molecule has 0 aromatic carbocycles. The summed E-state index contributed by atoms with van der Waals surface area (Å²) < 4.78 is 36.2. The maximum Gasteiger partial charge on any atom is 0.390 e. The molecule has 0 amide bonds. The number of hydrogen-bond acceptors (Lipinski definition) is 3. The third-order valence-corrected chi connectivity index (χ3v) is 2.31. The van der Waals surface area contributed by atoms with E-state index in [0.29, 0.717) is 5.69 Å². The highest BCUT2D eigenvalue weighted by molar-refractivity contribution is 5.88. The van der Waals surface area contributed by atoms with Gasteiger partial charge in [0.25, 0.3) is 0 Å². The number of aryl methyl sites for hydroxylation is 1. The fourth-order valence-corrected chi connectivity index (χ4v) is 1.38. The number of aromatic nitrogens is 1. The van der Waals surface area contributed by atoms with E-state index in [1.165, 1.54) is 24.1 Å². The minimum atomic E-state index is -4.24. The molecule has 0 fully saturated rings. The first kappa shape index (κ1) is 14.3. The fraction of sp³-hybridized carbons (Fsp3) is 0.455. The molecule has 1 aromatic rings. The number of nitrogens with zero attached hydrogens (tertiary/aromatic N) is 2. The quantitative estimate of drug-likeness (QED) is 0.905. The van der Waals surface area contributed by atoms with Crippen molar-refractivity contribution in [2.24, 2.45) is 0 Å². The number of halogens is 3. The van der Waals surface area contributed by atoms with Crippen LogP contribution in [0, 0.1) is 6.92 Å². The molecule has 0 aliphatic carbocycles. The Kier molecular flexibility index (Phi) is 4.15. The van der Waals surface area contributed by atoms with Gasteiger partial charge in [-0.2, -0.15) is 13.2 Å². The Bertz CT molecular complexity index is 446. The molecule has 1 heterocycles. The second-order valence-corrected chi connectivity index (χ2v) is 3.95. The fourth-order valence-electron chi connectivity index (χ4n) is 1.38. The molecule has 4 nitrogen and oxygen atoms in total. The number of anilines is 1. The number of pyridine rings is 1. The minimum Gasteiger partial charge on any atom is -0.478 e. The van der Waals surface area contributed by atoms with Crippen molar-refractivity contribution in [3.05, 3.63) is 23.4 Å². The molecule has 0 radical (unpaired) electrons. The van der Waals surface area contributed by atoms with Crippen LogP contribution < -0.4 is 4.90 Å². The first-order valence-electron chi connectivity index (χ1n) is 5.19. The van der Waals surface area contributed by atoms with E-state index in [1.54, 1.807) is 6.92 Å². The molecule has 0 bridgehead atoms. The highest BCUT2D eigenvalue weighted by Gasteiger charge is 2.27. The van der Waals surface area contributed by atoms with Crippen molar-refractivity contribution in [1.29, 1.82) is 0 Å². The maximum atomic E-state index is 12.1. The molecule has 1 rings (SSSR count). The lowest BCUT2D eigenvalue weighted by atomic mass is 10.2. The molecule has 0 spiro atoms. The zero-order valence-corrected chi connectivity index (χ0v) is 9.95. The summed E-state index contributed by atoms with van der Waals surface area (Å²) in [6.45, 7) is 1.33. The zero-order chi connectivity index (χ0) is 13.9. The summed E-state index contributed by atoms with van der Waals surface area (Å²) in [7, 11) is 1.44. The van der Waals surface area contributed by atoms with Crippen molar-refractivity contribution in [2.45, 2.75) is 19.5 Å². The van der Waals surface area contributed by atoms with Gasteiger partial charge >= 0.3 is 12.1 Å². The van der Waals surface area contributed by atoms with Gasteiger partial charge in [-0.25, -0.2) is 9.78 Å². The largest absolute Gasteiger partial charge is 0.478 e. The average molecular weight is 262 g/mol. The highest BCUT2D eigenvalue weighted by atomic mass is 19.4. The van der Waals surface area contributed by atoms with E-state index in [0.717, 1.165) is 0 Å². The topological polar surface area (TPSA) is 53.4 Å². The molecule has 1 N–H and O–H groups in total. The van der Waals surface area contributed by atoms with Gasteiger partial charge in [-0.3, -0.25) is 0 Å². The average Bonchev–Trinajstić information content (AvgIpc) is 2.23. The summed E-state index contributed by atoms with van der Waals surface area (Å²) in [6, 6.07) is 2.62. The Morgan fingerprint density at radius 2 is 2.06 bits per heavy atom. The maximum absolute atomic E-state index is 12.1. The lowest BCUT2D eigenvalue weighted by molar-refractivity contribution is -0.132. The first-order valence-corrected chi connectivity index (χ1v) is 5.19. The Hall–Kier alpha value is -1.79. The van der Waals surface area contributed by atoms with E-state index in [9.17, 15) is 18.0 Å². The van der Waals surface area contributed by atoms with Gasteiger partial charge < -0.3 is 10.0 Å². The number of carboxylic acids is 1. The van der Waals surface area contributed by atoms with Crippen LogP contribution in [-0.2, 0) is 0 Å². The predicted molar refractivity (Wildman–Crippen MR) is 59.9 cm³/mol. The van der Waals surface area contributed by atoms with Crippen LogP contribution in [0.2, 0.25) is 0 Å². The molecule has 100 valence electrons. The van der Waals surface area contributed by atoms with Crippen LogP contribution in [0.4, 0.5) is 19.0 Å². The van der Waals surface area contributed by atoms with Crippen LogP contribution in [0.1, 0.15) is 22.5 Å². The second-order valence-electron chi connectivity index (χ2n) is 3.95. The number of hydrogen-bond donors (Lipinski definition) is 1. The summed E-state index contributed by atoms with van der Waals surface area (Å²) in [6.07, 6.45) is -5.21. The Morgan fingerprint density at radius 3 is 2.56 bits per heavy atom. The van der Waals surface area contributed by atoms with Gasteiger partial charge in [-0.15, -0.1) is 0 Å². The van der Waals surface area contributed by atoms with Gasteiger partial charge in [0.15, 0.2) is 0 Å². The normalized spacial score (nSPS) is 11.4. The third kappa shape index (κ3) is 4.23. The lowest BCUT2D eigenvalue weighted by Gasteiger charge is -2.19. The van der Waals surface area contributed by atoms with Gasteiger partial charge in [0.2, 0.25) is 0 Å². The number of rotatable bonds is 4. The number of aromatic carboxylic acids is 1. The van der Waals surface area contributed by atoms with Crippen molar-refractivity contribution in [3.8, 4) is 0 Å². The zero-order valence-electron chi connectivity index (χ0n) is 9.95. The van der Waals surface area contributed by atoms with Gasteiger partial charge in [-0.05, 0) is 19.1 Å². The predicted octanol–water partition coefficient (Wildman–Crippen LogP) is 2.48. The minimum absolute atomic E-state index is 0.0105. The molecule has 0 saturated heterocycles. The standard InChI is InChI=1S/C11H13F3N2O2/c1-7-5-8(10(17)18)6-9(15-7)16(2)4-3-11(12,13)14/h5-6H,3-4H2,1-2H3,(H,17,18). The summed E-state index contributed by atoms with van der Waals surface area (Å²) in [5, 5.41) is 8.85. The summed E-state index contributed by atoms with van der Waals surface area (Å²) in [5.41, 5.74) is 0.458. The SMILES string of the molecule is Cc1cc(C(=O)O)cc(N(C)CCC(F)(F)F)n1. The Labute approximate surface area is 102 Å². The van der Waals surface area contributed by atoms with Gasteiger partial charge in [0.1, 0.15) is 5.82 Å². The Balaban J connectivity index is 2.85. The Morgan fingerprint density at radius 1 is 1.44 bits per heavy atom. The van der Waals surface area contributed by atoms with E-state index in [4.69, 9.17) is 5.11 Å². The van der Waals surface area contributed by atoms with Crippen molar-refractivity contribution >= 4 is 11.8 Å². The van der Waals surface area contributed by atoms with Crippen LogP contribution in [0.15, 0.2) is 12.1 Å². The summed E-state index contributed by atoms with van der Waals surface area (Å²) >= 11 is 0. The van der Waals surface area contributed by atoms with Gasteiger partial charge in [0.05, 0.1) is 12.0 Å². The molecular formula is C11H13F3N2O2. The molecule has 0 saturated carbocycles. The van der Waals surface area contributed by atoms with Crippen LogP contribution >= 0.6 is 0 Å². The van der Waals surface area contributed by atoms with Crippen LogP contribution in [0.25, 0.3) is 0 Å². The summed E-state index contributed by atoms with van der Waals surface area (Å²) in [4.78, 5) is 16.1. The number of carboxylic acid groups (broad SMARTS) is 1. The van der Waals surface area contributed by atoms with E-state index in [2.05, 4.69) is 4.98 Å². The molecule has 0 atom stereocenters.